The molecule has 0 aliphatic heterocycles. The Balaban J connectivity index is 2.69. The first-order valence-electron chi connectivity index (χ1n) is 2.82. The summed E-state index contributed by atoms with van der Waals surface area (Å²) in [4.78, 5) is 0. The Hall–Kier alpha value is -0.700. The zero-order chi connectivity index (χ0) is 7.40. The van der Waals surface area contributed by atoms with Crippen molar-refractivity contribution in [2.24, 2.45) is 0 Å². The number of halogens is 1. The summed E-state index contributed by atoms with van der Waals surface area (Å²) in [6.45, 7) is 0. The van der Waals surface area contributed by atoms with Gasteiger partial charge >= 0.3 is 0 Å². The predicted octanol–water partition coefficient (Wildman–Crippen LogP) is 2.09. The molecule has 54 valence electrons. The molecule has 1 rings (SSSR count). The smallest absolute Gasteiger partial charge is 0.131 e. The average molecular weight is 158 g/mol. The predicted molar refractivity (Wildman–Crippen MR) is 40.9 cm³/mol. The Morgan fingerprint density at radius 1 is 1.30 bits per heavy atom. The fraction of sp³-hybridized carbons (Fsp3) is 0.143. The van der Waals surface area contributed by atoms with Crippen LogP contribution in [0.5, 0.6) is 5.75 Å². The van der Waals surface area contributed by atoms with Gasteiger partial charge in [-0.2, -0.15) is 0 Å². The van der Waals surface area contributed by atoms with E-state index in [-0.39, 0.29) is 5.82 Å². The molecule has 0 saturated heterocycles. The van der Waals surface area contributed by atoms with Crippen LogP contribution in [-0.2, 0) is 0 Å². The highest BCUT2D eigenvalue weighted by molar-refractivity contribution is 7.80. The summed E-state index contributed by atoms with van der Waals surface area (Å²) in [5.41, 5.74) is 0. The van der Waals surface area contributed by atoms with Gasteiger partial charge in [0.05, 0.1) is 0 Å². The molecule has 0 aromatic heterocycles. The Morgan fingerprint density at radius 3 is 2.40 bits per heavy atom. The molecular weight excluding hydrogens is 151 g/mol. The summed E-state index contributed by atoms with van der Waals surface area (Å²) in [6.07, 6.45) is 0. The molecule has 3 heteroatoms. The van der Waals surface area contributed by atoms with Crippen molar-refractivity contribution in [3.05, 3.63) is 30.1 Å². The zero-order valence-electron chi connectivity index (χ0n) is 5.25. The van der Waals surface area contributed by atoms with Gasteiger partial charge < -0.3 is 4.74 Å². The van der Waals surface area contributed by atoms with Gasteiger partial charge in [0, 0.05) is 0 Å². The minimum Gasteiger partial charge on any atom is -0.483 e. The maximum absolute atomic E-state index is 12.3. The standard InChI is InChI=1S/C7H7FOS/c8-6-1-3-7(4-2-6)9-5-10/h1-4,10H,5H2. The lowest BCUT2D eigenvalue weighted by molar-refractivity contribution is 0.394. The van der Waals surface area contributed by atoms with Crippen LogP contribution in [0, 0.1) is 5.82 Å². The third kappa shape index (κ3) is 1.92. The molecule has 0 radical (unpaired) electrons. The molecule has 0 saturated carbocycles. The number of hydrogen-bond acceptors (Lipinski definition) is 2. The van der Waals surface area contributed by atoms with E-state index in [2.05, 4.69) is 12.6 Å². The number of rotatable bonds is 2. The molecule has 0 fully saturated rings. The largest absolute Gasteiger partial charge is 0.483 e. The molecular formula is C7H7FOS. The third-order valence-electron chi connectivity index (χ3n) is 1.04. The average Bonchev–Trinajstić information content (AvgIpc) is 1.95. The van der Waals surface area contributed by atoms with E-state index in [0.717, 1.165) is 0 Å². The number of thiol groups is 1. The topological polar surface area (TPSA) is 9.23 Å². The van der Waals surface area contributed by atoms with Gasteiger partial charge in [0.2, 0.25) is 0 Å². The van der Waals surface area contributed by atoms with E-state index < -0.39 is 0 Å². The molecule has 0 unspecified atom stereocenters. The Kier molecular flexibility index (Phi) is 2.57. The van der Waals surface area contributed by atoms with Gasteiger partial charge in [-0.05, 0) is 24.3 Å². The highest BCUT2D eigenvalue weighted by Crippen LogP contribution is 2.10. The van der Waals surface area contributed by atoms with Crippen molar-refractivity contribution in [3.8, 4) is 5.75 Å². The van der Waals surface area contributed by atoms with Gasteiger partial charge in [0.15, 0.2) is 0 Å². The lowest BCUT2D eigenvalue weighted by atomic mass is 10.3. The first-order chi connectivity index (χ1) is 4.83. The quantitative estimate of drug-likeness (QED) is 0.512. The van der Waals surface area contributed by atoms with E-state index in [4.69, 9.17) is 4.74 Å². The van der Waals surface area contributed by atoms with Gasteiger partial charge in [-0.3, -0.25) is 0 Å². The summed E-state index contributed by atoms with van der Waals surface area (Å²) in [6, 6.07) is 5.81. The second-order valence-corrected chi connectivity index (χ2v) is 1.99. The van der Waals surface area contributed by atoms with Crippen molar-refractivity contribution >= 4 is 12.6 Å². The Labute approximate surface area is 64.2 Å². The van der Waals surface area contributed by atoms with Crippen LogP contribution in [0.4, 0.5) is 4.39 Å². The van der Waals surface area contributed by atoms with Crippen LogP contribution in [0.3, 0.4) is 0 Å². The molecule has 0 atom stereocenters. The van der Waals surface area contributed by atoms with Crippen LogP contribution in [0.1, 0.15) is 0 Å². The molecule has 0 N–H and O–H groups in total. The molecule has 1 nitrogen and oxygen atoms in total. The maximum atomic E-state index is 12.3. The van der Waals surface area contributed by atoms with E-state index in [0.29, 0.717) is 11.7 Å². The van der Waals surface area contributed by atoms with Crippen LogP contribution in [0.2, 0.25) is 0 Å². The number of benzene rings is 1. The molecule has 0 amide bonds. The van der Waals surface area contributed by atoms with Crippen LogP contribution in [0.15, 0.2) is 24.3 Å². The van der Waals surface area contributed by atoms with Crippen molar-refractivity contribution < 1.29 is 9.13 Å². The summed E-state index contributed by atoms with van der Waals surface area (Å²) in [5, 5.41) is 0. The number of ether oxygens (including phenoxy) is 1. The van der Waals surface area contributed by atoms with E-state index in [1.54, 1.807) is 12.1 Å². The monoisotopic (exact) mass is 158 g/mol. The number of hydrogen-bond donors (Lipinski definition) is 1. The summed E-state index contributed by atoms with van der Waals surface area (Å²) < 4.78 is 17.2. The van der Waals surface area contributed by atoms with E-state index in [1.807, 2.05) is 0 Å². The third-order valence-corrected chi connectivity index (χ3v) is 1.17. The van der Waals surface area contributed by atoms with E-state index >= 15 is 0 Å². The van der Waals surface area contributed by atoms with Gasteiger partial charge in [-0.25, -0.2) is 4.39 Å². The highest BCUT2D eigenvalue weighted by atomic mass is 32.1. The molecule has 0 spiro atoms. The highest BCUT2D eigenvalue weighted by Gasteiger charge is 1.90. The van der Waals surface area contributed by atoms with Crippen LogP contribution >= 0.6 is 12.6 Å². The minimum atomic E-state index is -0.258. The fourth-order valence-electron chi connectivity index (χ4n) is 0.605. The first kappa shape index (κ1) is 7.41. The summed E-state index contributed by atoms with van der Waals surface area (Å²) in [5.74, 6) is 0.689. The molecule has 1 aromatic rings. The molecule has 1 aromatic carbocycles. The van der Waals surface area contributed by atoms with Crippen molar-refractivity contribution in [2.75, 3.05) is 5.94 Å². The molecule has 0 bridgehead atoms. The minimum absolute atomic E-state index is 0.258. The van der Waals surface area contributed by atoms with Gasteiger partial charge in [0.1, 0.15) is 17.5 Å². The van der Waals surface area contributed by atoms with Gasteiger partial charge in [0.25, 0.3) is 0 Å². The van der Waals surface area contributed by atoms with Crippen LogP contribution in [-0.4, -0.2) is 5.94 Å². The normalized spacial score (nSPS) is 9.40. The van der Waals surface area contributed by atoms with Gasteiger partial charge in [-0.15, -0.1) is 12.6 Å². The molecule has 10 heavy (non-hydrogen) atoms. The van der Waals surface area contributed by atoms with Crippen molar-refractivity contribution in [2.45, 2.75) is 0 Å². The second-order valence-electron chi connectivity index (χ2n) is 1.73. The second kappa shape index (κ2) is 3.46. The lowest BCUT2D eigenvalue weighted by Crippen LogP contribution is -1.87. The summed E-state index contributed by atoms with van der Waals surface area (Å²) in [7, 11) is 0. The summed E-state index contributed by atoms with van der Waals surface area (Å²) >= 11 is 3.84. The van der Waals surface area contributed by atoms with Crippen molar-refractivity contribution in [3.63, 3.8) is 0 Å². The maximum Gasteiger partial charge on any atom is 0.131 e. The van der Waals surface area contributed by atoms with E-state index in [9.17, 15) is 4.39 Å². The first-order valence-corrected chi connectivity index (χ1v) is 3.45. The Morgan fingerprint density at radius 2 is 1.90 bits per heavy atom. The van der Waals surface area contributed by atoms with Crippen LogP contribution in [0.25, 0.3) is 0 Å². The van der Waals surface area contributed by atoms with Gasteiger partial charge in [-0.1, -0.05) is 0 Å². The fourth-order valence-corrected chi connectivity index (χ4v) is 0.754. The van der Waals surface area contributed by atoms with E-state index in [1.165, 1.54) is 12.1 Å². The SMILES string of the molecule is Fc1ccc(OCS)cc1. The molecule has 0 heterocycles. The van der Waals surface area contributed by atoms with Crippen molar-refractivity contribution in [1.29, 1.82) is 0 Å². The zero-order valence-corrected chi connectivity index (χ0v) is 6.14. The lowest BCUT2D eigenvalue weighted by Gasteiger charge is -1.99. The Bertz CT molecular complexity index is 197. The molecule has 0 aliphatic carbocycles. The van der Waals surface area contributed by atoms with Crippen LogP contribution < -0.4 is 4.74 Å². The molecule has 0 aliphatic rings. The van der Waals surface area contributed by atoms with Crippen molar-refractivity contribution in [1.82, 2.24) is 0 Å².